The van der Waals surface area contributed by atoms with E-state index < -0.39 is 0 Å². The molecule has 1 aromatic carbocycles. The zero-order chi connectivity index (χ0) is 12.5. The molecule has 1 aliphatic carbocycles. The largest absolute Gasteiger partial charge is 0.399 e. The highest BCUT2D eigenvalue weighted by atomic mass is 35.5. The lowest BCUT2D eigenvalue weighted by Gasteiger charge is -2.37. The second-order valence-corrected chi connectivity index (χ2v) is 5.71. The molecule has 1 saturated heterocycles. The monoisotopic (exact) mass is 266 g/mol. The third kappa shape index (κ3) is 2.48. The van der Waals surface area contributed by atoms with Crippen LogP contribution in [0.15, 0.2) is 18.2 Å². The summed E-state index contributed by atoms with van der Waals surface area (Å²) < 4.78 is 5.82. The van der Waals surface area contributed by atoms with Gasteiger partial charge in [0.25, 0.3) is 0 Å². The van der Waals surface area contributed by atoms with Crippen molar-refractivity contribution in [3.8, 4) is 0 Å². The Morgan fingerprint density at radius 1 is 1.33 bits per heavy atom. The van der Waals surface area contributed by atoms with Gasteiger partial charge >= 0.3 is 0 Å². The lowest BCUT2D eigenvalue weighted by Crippen LogP contribution is -2.47. The highest BCUT2D eigenvalue weighted by Crippen LogP contribution is 2.31. The molecule has 1 aliphatic heterocycles. The molecule has 2 unspecified atom stereocenters. The molecule has 0 spiro atoms. The van der Waals surface area contributed by atoms with Crippen molar-refractivity contribution in [3.63, 3.8) is 0 Å². The first-order valence-corrected chi connectivity index (χ1v) is 7.01. The molecular weight excluding hydrogens is 248 g/mol. The molecule has 0 amide bonds. The van der Waals surface area contributed by atoms with Crippen LogP contribution in [-0.4, -0.2) is 30.2 Å². The number of nitrogens with zero attached hydrogens (tertiary/aromatic N) is 1. The molecule has 2 N–H and O–H groups in total. The summed E-state index contributed by atoms with van der Waals surface area (Å²) in [5.74, 6) is 0. The lowest BCUT2D eigenvalue weighted by atomic mass is 10.1. The van der Waals surface area contributed by atoms with Crippen molar-refractivity contribution in [2.24, 2.45) is 0 Å². The van der Waals surface area contributed by atoms with Crippen LogP contribution in [0.25, 0.3) is 0 Å². The van der Waals surface area contributed by atoms with Gasteiger partial charge in [-0.25, -0.2) is 0 Å². The molecule has 0 aromatic heterocycles. The average molecular weight is 267 g/mol. The minimum absolute atomic E-state index is 0.440. The number of halogens is 1. The molecule has 2 atom stereocenters. The van der Waals surface area contributed by atoms with E-state index in [0.717, 1.165) is 30.4 Å². The quantitative estimate of drug-likeness (QED) is 0.837. The number of fused-ring (bicyclic) bond motifs is 1. The minimum Gasteiger partial charge on any atom is -0.399 e. The second-order valence-electron chi connectivity index (χ2n) is 5.27. The number of ether oxygens (including phenoxy) is 1. The first-order chi connectivity index (χ1) is 8.72. The Labute approximate surface area is 113 Å². The molecule has 2 fully saturated rings. The molecule has 3 nitrogen and oxygen atoms in total. The zero-order valence-corrected chi connectivity index (χ0v) is 11.2. The molecule has 1 heterocycles. The van der Waals surface area contributed by atoms with E-state index in [4.69, 9.17) is 22.1 Å². The van der Waals surface area contributed by atoms with E-state index in [2.05, 4.69) is 4.90 Å². The van der Waals surface area contributed by atoms with Gasteiger partial charge in [0, 0.05) is 29.8 Å². The fourth-order valence-corrected chi connectivity index (χ4v) is 3.47. The number of hydrogen-bond acceptors (Lipinski definition) is 3. The lowest BCUT2D eigenvalue weighted by molar-refractivity contribution is -0.0588. The van der Waals surface area contributed by atoms with Crippen LogP contribution in [0.4, 0.5) is 5.69 Å². The van der Waals surface area contributed by atoms with Crippen molar-refractivity contribution in [2.45, 2.75) is 38.0 Å². The third-order valence-electron chi connectivity index (χ3n) is 3.96. The van der Waals surface area contributed by atoms with Crippen LogP contribution in [-0.2, 0) is 11.3 Å². The molecule has 1 aromatic rings. The van der Waals surface area contributed by atoms with E-state index >= 15 is 0 Å². The summed E-state index contributed by atoms with van der Waals surface area (Å²) in [4.78, 5) is 2.52. The van der Waals surface area contributed by atoms with E-state index in [-0.39, 0.29) is 0 Å². The number of anilines is 1. The van der Waals surface area contributed by atoms with Crippen molar-refractivity contribution >= 4 is 17.3 Å². The number of nitrogens with two attached hydrogens (primary N) is 1. The van der Waals surface area contributed by atoms with E-state index in [1.165, 1.54) is 24.8 Å². The van der Waals surface area contributed by atoms with Gasteiger partial charge in [-0.05, 0) is 43.0 Å². The van der Waals surface area contributed by atoms with Crippen LogP contribution in [0.1, 0.15) is 24.8 Å². The van der Waals surface area contributed by atoms with E-state index in [1.807, 2.05) is 12.1 Å². The van der Waals surface area contributed by atoms with Gasteiger partial charge < -0.3 is 10.5 Å². The fraction of sp³-hybridized carbons (Fsp3) is 0.571. The van der Waals surface area contributed by atoms with Crippen LogP contribution >= 0.6 is 11.6 Å². The summed E-state index contributed by atoms with van der Waals surface area (Å²) >= 11 is 6.06. The Bertz CT molecular complexity index is 418. The molecule has 98 valence electrons. The Morgan fingerprint density at radius 3 is 3.06 bits per heavy atom. The number of rotatable bonds is 2. The van der Waals surface area contributed by atoms with Crippen LogP contribution in [0.3, 0.4) is 0 Å². The van der Waals surface area contributed by atoms with Crippen molar-refractivity contribution in [1.82, 2.24) is 4.90 Å². The van der Waals surface area contributed by atoms with Gasteiger partial charge in [-0.2, -0.15) is 0 Å². The van der Waals surface area contributed by atoms with E-state index in [9.17, 15) is 0 Å². The van der Waals surface area contributed by atoms with Crippen molar-refractivity contribution < 1.29 is 4.74 Å². The highest BCUT2D eigenvalue weighted by Gasteiger charge is 2.35. The Balaban J connectivity index is 1.74. The SMILES string of the molecule is Nc1cc(Cl)cc(CN2CCOC3CCCC32)c1. The van der Waals surface area contributed by atoms with Gasteiger partial charge in [0.2, 0.25) is 0 Å². The average Bonchev–Trinajstić information content (AvgIpc) is 2.76. The highest BCUT2D eigenvalue weighted by molar-refractivity contribution is 6.30. The molecule has 0 bridgehead atoms. The summed E-state index contributed by atoms with van der Waals surface area (Å²) in [5.41, 5.74) is 7.79. The standard InChI is InChI=1S/C14H19ClN2O/c15-11-6-10(7-12(16)8-11)9-17-4-5-18-14-3-1-2-13(14)17/h6-8,13-14H,1-5,9,16H2. The summed E-state index contributed by atoms with van der Waals surface area (Å²) in [6.07, 6.45) is 4.18. The number of morpholine rings is 1. The number of benzene rings is 1. The minimum atomic E-state index is 0.440. The van der Waals surface area contributed by atoms with Gasteiger partial charge in [0.05, 0.1) is 12.7 Å². The smallest absolute Gasteiger partial charge is 0.0731 e. The Hall–Kier alpha value is -0.770. The topological polar surface area (TPSA) is 38.5 Å². The molecule has 4 heteroatoms. The molecule has 1 saturated carbocycles. The maximum atomic E-state index is 6.06. The maximum absolute atomic E-state index is 6.06. The van der Waals surface area contributed by atoms with Gasteiger partial charge in [0.15, 0.2) is 0 Å². The van der Waals surface area contributed by atoms with Crippen LogP contribution in [0.2, 0.25) is 5.02 Å². The van der Waals surface area contributed by atoms with Crippen molar-refractivity contribution in [1.29, 1.82) is 0 Å². The van der Waals surface area contributed by atoms with Crippen LogP contribution < -0.4 is 5.73 Å². The van der Waals surface area contributed by atoms with Crippen LogP contribution in [0, 0.1) is 0 Å². The van der Waals surface area contributed by atoms with Gasteiger partial charge in [-0.3, -0.25) is 4.90 Å². The second kappa shape index (κ2) is 5.08. The van der Waals surface area contributed by atoms with Crippen LogP contribution in [0.5, 0.6) is 0 Å². The number of hydrogen-bond donors (Lipinski definition) is 1. The summed E-state index contributed by atoms with van der Waals surface area (Å²) in [5, 5.41) is 0.723. The van der Waals surface area contributed by atoms with Crippen molar-refractivity contribution in [2.75, 3.05) is 18.9 Å². The van der Waals surface area contributed by atoms with Gasteiger partial charge in [-0.1, -0.05) is 11.6 Å². The van der Waals surface area contributed by atoms with Crippen molar-refractivity contribution in [3.05, 3.63) is 28.8 Å². The molecule has 3 rings (SSSR count). The zero-order valence-electron chi connectivity index (χ0n) is 10.4. The normalized spacial score (nSPS) is 28.3. The predicted octanol–water partition coefficient (Wildman–Crippen LogP) is 2.68. The first kappa shape index (κ1) is 12.3. The van der Waals surface area contributed by atoms with Gasteiger partial charge in [-0.15, -0.1) is 0 Å². The molecule has 2 aliphatic rings. The Kier molecular flexibility index (Phi) is 3.46. The predicted molar refractivity (Wildman–Crippen MR) is 73.7 cm³/mol. The molecular formula is C14H19ClN2O. The summed E-state index contributed by atoms with van der Waals surface area (Å²) in [6.45, 7) is 2.78. The fourth-order valence-electron chi connectivity index (χ4n) is 3.20. The summed E-state index contributed by atoms with van der Waals surface area (Å²) in [6, 6.07) is 6.41. The number of nitrogen functional groups attached to an aromatic ring is 1. The third-order valence-corrected chi connectivity index (χ3v) is 4.18. The van der Waals surface area contributed by atoms with E-state index in [0.29, 0.717) is 12.1 Å². The van der Waals surface area contributed by atoms with Gasteiger partial charge in [0.1, 0.15) is 0 Å². The van der Waals surface area contributed by atoms with E-state index in [1.54, 1.807) is 6.07 Å². The maximum Gasteiger partial charge on any atom is 0.0731 e. The first-order valence-electron chi connectivity index (χ1n) is 6.63. The Morgan fingerprint density at radius 2 is 2.22 bits per heavy atom. The summed E-state index contributed by atoms with van der Waals surface area (Å²) in [7, 11) is 0. The molecule has 18 heavy (non-hydrogen) atoms. The molecule has 0 radical (unpaired) electrons.